The summed E-state index contributed by atoms with van der Waals surface area (Å²) in [5.74, 6) is -2.67. The van der Waals surface area contributed by atoms with Gasteiger partial charge in [-0.15, -0.1) is 0 Å². The number of aliphatic hydroxyl groups excluding tert-OH is 1. The molecule has 5 nitrogen and oxygen atoms in total. The van der Waals surface area contributed by atoms with Crippen LogP contribution >= 0.6 is 11.6 Å². The van der Waals surface area contributed by atoms with Crippen LogP contribution in [0.2, 0.25) is 5.02 Å². The van der Waals surface area contributed by atoms with Gasteiger partial charge in [-0.05, 0) is 12.1 Å². The smallest absolute Gasteiger partial charge is 0.242 e. The summed E-state index contributed by atoms with van der Waals surface area (Å²) in [4.78, 5) is 24.4. The third-order valence-corrected chi connectivity index (χ3v) is 3.24. The van der Waals surface area contributed by atoms with Crippen LogP contribution in [0.1, 0.15) is 11.7 Å². The van der Waals surface area contributed by atoms with E-state index < -0.39 is 23.8 Å². The van der Waals surface area contributed by atoms with Crippen molar-refractivity contribution in [1.29, 1.82) is 0 Å². The largest absolute Gasteiger partial charge is 0.387 e. The molecular formula is C11H11ClN2NaO3. The van der Waals surface area contributed by atoms with Gasteiger partial charge in [0.05, 0.1) is 5.69 Å². The molecule has 0 aliphatic carbocycles. The molecule has 0 spiro atoms. The van der Waals surface area contributed by atoms with Crippen molar-refractivity contribution in [2.24, 2.45) is 11.7 Å². The Morgan fingerprint density at radius 3 is 2.67 bits per heavy atom. The average molecular weight is 278 g/mol. The second kappa shape index (κ2) is 5.59. The number of rotatable bonds is 1. The number of nitrogens with two attached hydrogens (primary N) is 1. The van der Waals surface area contributed by atoms with Crippen LogP contribution in [-0.4, -0.2) is 53.5 Å². The van der Waals surface area contributed by atoms with E-state index in [2.05, 4.69) is 0 Å². The number of hydrogen-bond donors (Lipinski definition) is 2. The second-order valence-corrected chi connectivity index (χ2v) is 4.30. The molecule has 1 aliphatic heterocycles. The van der Waals surface area contributed by atoms with Gasteiger partial charge in [-0.1, -0.05) is 17.7 Å². The van der Waals surface area contributed by atoms with Crippen LogP contribution in [0.3, 0.4) is 0 Å². The maximum Gasteiger partial charge on any atom is 0.242 e. The minimum absolute atomic E-state index is 0. The Bertz CT molecular complexity index is 509. The molecule has 0 aromatic heterocycles. The molecule has 0 fully saturated rings. The first-order valence-corrected chi connectivity index (χ1v) is 5.36. The Morgan fingerprint density at radius 1 is 1.50 bits per heavy atom. The molecule has 1 aromatic carbocycles. The third-order valence-electron chi connectivity index (χ3n) is 2.91. The molecule has 2 unspecified atom stereocenters. The monoisotopic (exact) mass is 277 g/mol. The molecule has 2 rings (SSSR count). The van der Waals surface area contributed by atoms with E-state index in [1.807, 2.05) is 0 Å². The quantitative estimate of drug-likeness (QED) is 0.563. The SMILES string of the molecule is CN1C(=O)C(C(N)=O)C(O)c2c(Cl)cccc21.[Na]. The Labute approximate surface area is 131 Å². The molecule has 2 amide bonds. The Balaban J connectivity index is 0.00000162. The van der Waals surface area contributed by atoms with Crippen molar-refractivity contribution in [1.82, 2.24) is 0 Å². The maximum atomic E-state index is 11.9. The van der Waals surface area contributed by atoms with E-state index in [-0.39, 0.29) is 29.6 Å². The van der Waals surface area contributed by atoms with Crippen LogP contribution in [0.25, 0.3) is 0 Å². The molecule has 1 aromatic rings. The molecule has 0 saturated heterocycles. The van der Waals surface area contributed by atoms with Crippen molar-refractivity contribution in [3.8, 4) is 0 Å². The zero-order valence-electron chi connectivity index (χ0n) is 10.1. The molecule has 3 N–H and O–H groups in total. The first-order chi connectivity index (χ1) is 7.95. The summed E-state index contributed by atoms with van der Waals surface area (Å²) in [6, 6.07) is 4.91. The Morgan fingerprint density at radius 2 is 2.11 bits per heavy atom. The molecular weight excluding hydrogens is 267 g/mol. The van der Waals surface area contributed by atoms with Gasteiger partial charge in [0, 0.05) is 47.2 Å². The Hall–Kier alpha value is -0.590. The predicted octanol–water partition coefficient (Wildman–Crippen LogP) is 0.0705. The maximum absolute atomic E-state index is 11.9. The van der Waals surface area contributed by atoms with Crippen LogP contribution in [-0.2, 0) is 9.59 Å². The van der Waals surface area contributed by atoms with Gasteiger partial charge in [0.1, 0.15) is 12.0 Å². The van der Waals surface area contributed by atoms with E-state index in [1.165, 1.54) is 11.9 Å². The zero-order valence-corrected chi connectivity index (χ0v) is 12.8. The zero-order chi connectivity index (χ0) is 12.7. The number of anilines is 1. The molecule has 1 heterocycles. The fourth-order valence-electron chi connectivity index (χ4n) is 2.02. The molecule has 0 bridgehead atoms. The normalized spacial score (nSPS) is 22.2. The van der Waals surface area contributed by atoms with E-state index in [9.17, 15) is 14.7 Å². The van der Waals surface area contributed by atoms with E-state index in [1.54, 1.807) is 18.2 Å². The summed E-state index contributed by atoms with van der Waals surface area (Å²) in [7, 11) is 1.51. The molecule has 7 heteroatoms. The molecule has 1 radical (unpaired) electrons. The van der Waals surface area contributed by atoms with Gasteiger partial charge < -0.3 is 15.7 Å². The van der Waals surface area contributed by atoms with Gasteiger partial charge in [-0.2, -0.15) is 0 Å². The van der Waals surface area contributed by atoms with Crippen molar-refractivity contribution in [2.45, 2.75) is 6.10 Å². The van der Waals surface area contributed by atoms with Gasteiger partial charge in [0.25, 0.3) is 0 Å². The first kappa shape index (κ1) is 15.5. The molecule has 0 saturated carbocycles. The van der Waals surface area contributed by atoms with E-state index in [4.69, 9.17) is 17.3 Å². The number of fused-ring (bicyclic) bond motifs is 1. The van der Waals surface area contributed by atoms with E-state index in [0.717, 1.165) is 0 Å². The van der Waals surface area contributed by atoms with Crippen molar-refractivity contribution in [3.63, 3.8) is 0 Å². The number of carbonyl (C=O) groups is 2. The summed E-state index contributed by atoms with van der Waals surface area (Å²) in [6.07, 6.45) is -1.29. The van der Waals surface area contributed by atoms with Crippen molar-refractivity contribution >= 4 is 58.7 Å². The number of hydrogen-bond acceptors (Lipinski definition) is 3. The number of aliphatic hydroxyl groups is 1. The number of benzene rings is 1. The van der Waals surface area contributed by atoms with Crippen molar-refractivity contribution in [3.05, 3.63) is 28.8 Å². The molecule has 2 atom stereocenters. The van der Waals surface area contributed by atoms with Crippen LogP contribution in [0, 0.1) is 5.92 Å². The van der Waals surface area contributed by atoms with Crippen molar-refractivity contribution in [2.75, 3.05) is 11.9 Å². The minimum Gasteiger partial charge on any atom is -0.387 e. The van der Waals surface area contributed by atoms with Gasteiger partial charge in [0.15, 0.2) is 0 Å². The topological polar surface area (TPSA) is 83.6 Å². The summed E-state index contributed by atoms with van der Waals surface area (Å²) in [5, 5.41) is 10.3. The average Bonchev–Trinajstić information content (AvgIpc) is 2.25. The van der Waals surface area contributed by atoms with E-state index in [0.29, 0.717) is 16.3 Å². The number of carbonyl (C=O) groups excluding carboxylic acids is 2. The molecule has 18 heavy (non-hydrogen) atoms. The summed E-state index contributed by atoms with van der Waals surface area (Å²) in [5.41, 5.74) is 5.98. The third kappa shape index (κ3) is 2.29. The van der Waals surface area contributed by atoms with Gasteiger partial charge in [-0.3, -0.25) is 9.59 Å². The fourth-order valence-corrected chi connectivity index (χ4v) is 2.30. The standard InChI is InChI=1S/C11H11ClN2O3.Na/c1-14-6-4-2-3-5(12)7(6)9(15)8(10(13)16)11(14)17;/h2-4,8-9,15H,1H3,(H2,13,16);. The van der Waals surface area contributed by atoms with Crippen LogP contribution < -0.4 is 10.6 Å². The van der Waals surface area contributed by atoms with Crippen LogP contribution in [0.15, 0.2) is 18.2 Å². The molecule has 91 valence electrons. The minimum atomic E-state index is -1.29. The molecule has 1 aliphatic rings. The van der Waals surface area contributed by atoms with Crippen molar-refractivity contribution < 1.29 is 14.7 Å². The number of amides is 2. The second-order valence-electron chi connectivity index (χ2n) is 3.89. The fraction of sp³-hybridized carbons (Fsp3) is 0.273. The van der Waals surface area contributed by atoms with Gasteiger partial charge in [-0.25, -0.2) is 0 Å². The number of halogens is 1. The van der Waals surface area contributed by atoms with E-state index >= 15 is 0 Å². The van der Waals surface area contributed by atoms with Gasteiger partial charge >= 0.3 is 0 Å². The Kier molecular flexibility index (Phi) is 4.80. The number of nitrogens with zero attached hydrogens (tertiary/aromatic N) is 1. The van der Waals surface area contributed by atoms with Crippen LogP contribution in [0.5, 0.6) is 0 Å². The summed E-state index contributed by atoms with van der Waals surface area (Å²) >= 11 is 5.97. The van der Waals surface area contributed by atoms with Gasteiger partial charge in [0.2, 0.25) is 11.8 Å². The van der Waals surface area contributed by atoms with Crippen LogP contribution in [0.4, 0.5) is 5.69 Å². The summed E-state index contributed by atoms with van der Waals surface area (Å²) in [6.45, 7) is 0. The summed E-state index contributed by atoms with van der Waals surface area (Å²) < 4.78 is 0. The number of primary amides is 1. The first-order valence-electron chi connectivity index (χ1n) is 4.98. The predicted molar refractivity (Wildman–Crippen MR) is 68.3 cm³/mol.